The van der Waals surface area contributed by atoms with Crippen molar-refractivity contribution in [2.24, 2.45) is 5.73 Å². The molecule has 2 rings (SSSR count). The maximum Gasteiger partial charge on any atom is 0.243 e. The van der Waals surface area contributed by atoms with E-state index in [9.17, 15) is 0 Å². The second-order valence-corrected chi connectivity index (χ2v) is 5.24. The van der Waals surface area contributed by atoms with Crippen molar-refractivity contribution in [3.63, 3.8) is 0 Å². The van der Waals surface area contributed by atoms with Gasteiger partial charge in [0.1, 0.15) is 0 Å². The van der Waals surface area contributed by atoms with Crippen LogP contribution in [0.3, 0.4) is 0 Å². The summed E-state index contributed by atoms with van der Waals surface area (Å²) >= 11 is 2.02. The molecule has 0 saturated carbocycles. The van der Waals surface area contributed by atoms with Gasteiger partial charge in [-0.15, -0.1) is 0 Å². The van der Waals surface area contributed by atoms with Crippen molar-refractivity contribution < 1.29 is 4.52 Å². The van der Waals surface area contributed by atoms with Crippen LogP contribution in [0.15, 0.2) is 4.52 Å². The number of hydrogen-bond donors (Lipinski definition) is 1. The lowest BCUT2D eigenvalue weighted by Crippen LogP contribution is -2.06. The summed E-state index contributed by atoms with van der Waals surface area (Å²) in [6.07, 6.45) is 3.57. The summed E-state index contributed by atoms with van der Waals surface area (Å²) in [5, 5.41) is 4.03. The maximum atomic E-state index is 5.69. The van der Waals surface area contributed by atoms with Crippen LogP contribution in [0.1, 0.15) is 49.9 Å². The van der Waals surface area contributed by atoms with Crippen LogP contribution in [-0.2, 0) is 0 Å². The Hall–Kier alpha value is -0.550. The van der Waals surface area contributed by atoms with Crippen LogP contribution in [0.4, 0.5) is 0 Å². The van der Waals surface area contributed by atoms with Gasteiger partial charge in [0.2, 0.25) is 5.89 Å². The van der Waals surface area contributed by atoms with Crippen LogP contribution in [-0.4, -0.2) is 21.6 Å². The highest BCUT2D eigenvalue weighted by molar-refractivity contribution is 7.99. The Morgan fingerprint density at radius 2 is 2.33 bits per heavy atom. The standard InChI is InChI=1S/C10H17N3OS/c1-7(11)10-12-9(13-14-10)8-3-2-5-15-6-4-8/h7-8H,2-6,11H2,1H3/t7-,8-/m0/s1. The van der Waals surface area contributed by atoms with Gasteiger partial charge >= 0.3 is 0 Å². The Morgan fingerprint density at radius 1 is 1.47 bits per heavy atom. The third-order valence-electron chi connectivity index (χ3n) is 2.66. The average molecular weight is 227 g/mol. The van der Waals surface area contributed by atoms with Crippen molar-refractivity contribution in [3.8, 4) is 0 Å². The van der Waals surface area contributed by atoms with Gasteiger partial charge in [-0.1, -0.05) is 5.16 Å². The minimum absolute atomic E-state index is 0.161. The number of nitrogens with zero attached hydrogens (tertiary/aromatic N) is 2. The molecule has 5 heteroatoms. The van der Waals surface area contributed by atoms with Crippen molar-refractivity contribution in [2.45, 2.75) is 38.1 Å². The smallest absolute Gasteiger partial charge is 0.243 e. The molecule has 1 aliphatic heterocycles. The Balaban J connectivity index is 2.06. The third-order valence-corrected chi connectivity index (χ3v) is 3.77. The van der Waals surface area contributed by atoms with Crippen LogP contribution >= 0.6 is 11.8 Å². The summed E-state index contributed by atoms with van der Waals surface area (Å²) in [6, 6.07) is -0.161. The SMILES string of the molecule is C[C@H](N)c1nc([C@H]2CCCSCC2)no1. The van der Waals surface area contributed by atoms with E-state index in [1.807, 2.05) is 18.7 Å². The highest BCUT2D eigenvalue weighted by Crippen LogP contribution is 2.29. The van der Waals surface area contributed by atoms with Crippen molar-refractivity contribution in [1.29, 1.82) is 0 Å². The topological polar surface area (TPSA) is 64.9 Å². The van der Waals surface area contributed by atoms with Gasteiger partial charge in [0.05, 0.1) is 6.04 Å². The fourth-order valence-electron chi connectivity index (χ4n) is 1.76. The minimum Gasteiger partial charge on any atom is -0.338 e. The first-order valence-electron chi connectivity index (χ1n) is 5.44. The van der Waals surface area contributed by atoms with E-state index < -0.39 is 0 Å². The molecule has 1 fully saturated rings. The largest absolute Gasteiger partial charge is 0.338 e. The van der Waals surface area contributed by atoms with E-state index >= 15 is 0 Å². The molecule has 1 aromatic heterocycles. The lowest BCUT2D eigenvalue weighted by molar-refractivity contribution is 0.353. The molecule has 0 bridgehead atoms. The molecule has 0 aromatic carbocycles. The summed E-state index contributed by atoms with van der Waals surface area (Å²) in [5.41, 5.74) is 5.69. The number of aromatic nitrogens is 2. The van der Waals surface area contributed by atoms with Gasteiger partial charge in [0, 0.05) is 5.92 Å². The lowest BCUT2D eigenvalue weighted by atomic mass is 10.0. The Kier molecular flexibility index (Phi) is 3.64. The number of rotatable bonds is 2. The molecular formula is C10H17N3OS. The summed E-state index contributed by atoms with van der Waals surface area (Å²) < 4.78 is 5.13. The normalized spacial score (nSPS) is 24.8. The second-order valence-electron chi connectivity index (χ2n) is 4.02. The highest BCUT2D eigenvalue weighted by Gasteiger charge is 2.20. The van der Waals surface area contributed by atoms with E-state index in [0.717, 1.165) is 12.2 Å². The molecule has 0 unspecified atom stereocenters. The predicted molar refractivity (Wildman–Crippen MR) is 60.8 cm³/mol. The summed E-state index contributed by atoms with van der Waals surface area (Å²) in [5.74, 6) is 4.34. The molecule has 2 atom stereocenters. The molecule has 0 aliphatic carbocycles. The molecule has 0 radical (unpaired) electrons. The van der Waals surface area contributed by atoms with E-state index in [0.29, 0.717) is 11.8 Å². The van der Waals surface area contributed by atoms with Gasteiger partial charge < -0.3 is 10.3 Å². The molecule has 1 saturated heterocycles. The van der Waals surface area contributed by atoms with Gasteiger partial charge in [-0.05, 0) is 37.7 Å². The molecule has 0 amide bonds. The number of thioether (sulfide) groups is 1. The van der Waals surface area contributed by atoms with Crippen LogP contribution < -0.4 is 5.73 Å². The van der Waals surface area contributed by atoms with Gasteiger partial charge in [0.25, 0.3) is 0 Å². The van der Waals surface area contributed by atoms with Crippen molar-refractivity contribution in [3.05, 3.63) is 11.7 Å². The molecule has 1 aliphatic rings. The molecule has 15 heavy (non-hydrogen) atoms. The molecule has 84 valence electrons. The van der Waals surface area contributed by atoms with Gasteiger partial charge in [0.15, 0.2) is 5.82 Å². The number of nitrogens with two attached hydrogens (primary N) is 1. The van der Waals surface area contributed by atoms with Gasteiger partial charge in [-0.3, -0.25) is 0 Å². The Morgan fingerprint density at radius 3 is 3.07 bits per heavy atom. The summed E-state index contributed by atoms with van der Waals surface area (Å²) in [6.45, 7) is 1.86. The van der Waals surface area contributed by atoms with Crippen LogP contribution in [0, 0.1) is 0 Å². The zero-order valence-corrected chi connectivity index (χ0v) is 9.80. The van der Waals surface area contributed by atoms with Crippen LogP contribution in [0.2, 0.25) is 0 Å². The summed E-state index contributed by atoms with van der Waals surface area (Å²) in [4.78, 5) is 4.36. The van der Waals surface area contributed by atoms with Crippen molar-refractivity contribution in [2.75, 3.05) is 11.5 Å². The highest BCUT2D eigenvalue weighted by atomic mass is 32.2. The first-order chi connectivity index (χ1) is 7.27. The van der Waals surface area contributed by atoms with Gasteiger partial charge in [-0.2, -0.15) is 16.7 Å². The molecule has 1 aromatic rings. The summed E-state index contributed by atoms with van der Waals surface area (Å²) in [7, 11) is 0. The van der Waals surface area contributed by atoms with E-state index in [1.54, 1.807) is 0 Å². The zero-order valence-electron chi connectivity index (χ0n) is 8.98. The van der Waals surface area contributed by atoms with Crippen LogP contribution in [0.5, 0.6) is 0 Å². The maximum absolute atomic E-state index is 5.69. The number of hydrogen-bond acceptors (Lipinski definition) is 5. The van der Waals surface area contributed by atoms with E-state index in [4.69, 9.17) is 10.3 Å². The van der Waals surface area contributed by atoms with Gasteiger partial charge in [-0.25, -0.2) is 0 Å². The quantitative estimate of drug-likeness (QED) is 0.838. The van der Waals surface area contributed by atoms with Crippen LogP contribution in [0.25, 0.3) is 0 Å². The van der Waals surface area contributed by atoms with E-state index in [2.05, 4.69) is 10.1 Å². The molecular weight excluding hydrogens is 210 g/mol. The molecule has 0 spiro atoms. The fraction of sp³-hybridized carbons (Fsp3) is 0.800. The lowest BCUT2D eigenvalue weighted by Gasteiger charge is -2.06. The second kappa shape index (κ2) is 4.99. The fourth-order valence-corrected chi connectivity index (χ4v) is 2.79. The third kappa shape index (κ3) is 2.72. The Bertz CT molecular complexity index is 305. The average Bonchev–Trinajstić information content (AvgIpc) is 2.55. The molecule has 4 nitrogen and oxygen atoms in total. The van der Waals surface area contributed by atoms with E-state index in [1.165, 1.54) is 24.3 Å². The first-order valence-corrected chi connectivity index (χ1v) is 6.59. The molecule has 2 N–H and O–H groups in total. The predicted octanol–water partition coefficient (Wildman–Crippen LogP) is 2.09. The monoisotopic (exact) mass is 227 g/mol. The van der Waals surface area contributed by atoms with Crippen molar-refractivity contribution >= 4 is 11.8 Å². The van der Waals surface area contributed by atoms with E-state index in [-0.39, 0.29) is 6.04 Å². The Labute approximate surface area is 94.0 Å². The molecule has 2 heterocycles. The zero-order chi connectivity index (χ0) is 10.7. The minimum atomic E-state index is -0.161. The van der Waals surface area contributed by atoms with Crippen molar-refractivity contribution in [1.82, 2.24) is 10.1 Å². The first kappa shape index (κ1) is 11.0.